The van der Waals surface area contributed by atoms with Crippen molar-refractivity contribution in [2.45, 2.75) is 34.2 Å². The van der Waals surface area contributed by atoms with E-state index in [2.05, 4.69) is 56.2 Å². The molecule has 0 amide bonds. The van der Waals surface area contributed by atoms with Gasteiger partial charge >= 0.3 is 0 Å². The van der Waals surface area contributed by atoms with Gasteiger partial charge in [-0.15, -0.1) is 0 Å². The number of nitrogens with one attached hydrogen (secondary N) is 1. The fourth-order valence-electron chi connectivity index (χ4n) is 2.38. The van der Waals surface area contributed by atoms with Crippen LogP contribution >= 0.6 is 11.6 Å². The normalized spacial score (nSPS) is 11.1. The lowest BCUT2D eigenvalue weighted by Gasteiger charge is -2.14. The summed E-state index contributed by atoms with van der Waals surface area (Å²) in [6, 6.07) is 10.5. The quantitative estimate of drug-likeness (QED) is 0.554. The van der Waals surface area contributed by atoms with Crippen LogP contribution in [0.25, 0.3) is 0 Å². The van der Waals surface area contributed by atoms with E-state index in [9.17, 15) is 0 Å². The van der Waals surface area contributed by atoms with Crippen LogP contribution in [0.5, 0.6) is 0 Å². The number of benzene rings is 2. The lowest BCUT2D eigenvalue weighted by atomic mass is 10.1. The van der Waals surface area contributed by atoms with Crippen LogP contribution in [0.1, 0.15) is 29.2 Å². The summed E-state index contributed by atoms with van der Waals surface area (Å²) in [5.41, 5.74) is 6.85. The van der Waals surface area contributed by atoms with E-state index >= 15 is 0 Å². The molecule has 0 aliphatic carbocycles. The molecule has 24 heavy (non-hydrogen) atoms. The van der Waals surface area contributed by atoms with Crippen molar-refractivity contribution in [1.82, 2.24) is 4.90 Å². The van der Waals surface area contributed by atoms with Crippen molar-refractivity contribution < 1.29 is 0 Å². The van der Waals surface area contributed by atoms with Crippen LogP contribution in [0.3, 0.4) is 0 Å². The van der Waals surface area contributed by atoms with Crippen LogP contribution in [-0.2, 0) is 6.54 Å². The fraction of sp³-hybridized carbons (Fsp3) is 0.350. The molecular weight excluding hydrogens is 318 g/mol. The molecule has 0 fully saturated rings. The molecule has 0 bridgehead atoms. The van der Waals surface area contributed by atoms with Crippen LogP contribution in [0, 0.1) is 20.8 Å². The average molecular weight is 344 g/mol. The van der Waals surface area contributed by atoms with Crippen LogP contribution in [0.4, 0.5) is 11.4 Å². The van der Waals surface area contributed by atoms with Crippen molar-refractivity contribution in [3.63, 3.8) is 0 Å². The summed E-state index contributed by atoms with van der Waals surface area (Å²) in [4.78, 5) is 6.48. The first-order valence-electron chi connectivity index (χ1n) is 8.25. The molecule has 2 aromatic rings. The maximum Gasteiger partial charge on any atom is 0.0910 e. The number of nitrogens with zero attached hydrogens (tertiary/aromatic N) is 2. The molecule has 0 aromatic heterocycles. The number of rotatable bonds is 6. The standard InChI is InChI=1S/C20H26ClN3/c1-6-24(5)13-23-20-10-16(4)19(11-18(20)21)22-12-17-9-14(2)7-8-15(17)3/h7-11,13,22H,6,12H2,1-5H3/b23-13-. The molecule has 128 valence electrons. The molecule has 1 N–H and O–H groups in total. The Hall–Kier alpha value is -2.00. The Balaban J connectivity index is 2.15. The monoisotopic (exact) mass is 343 g/mol. The van der Waals surface area contributed by atoms with Gasteiger partial charge in [-0.05, 0) is 56.5 Å². The van der Waals surface area contributed by atoms with E-state index < -0.39 is 0 Å². The Bertz CT molecular complexity index is 738. The summed E-state index contributed by atoms with van der Waals surface area (Å²) < 4.78 is 0. The lowest BCUT2D eigenvalue weighted by Crippen LogP contribution is -2.14. The Labute approximate surface area is 150 Å². The van der Waals surface area contributed by atoms with E-state index in [0.717, 1.165) is 30.0 Å². The van der Waals surface area contributed by atoms with Gasteiger partial charge in [-0.25, -0.2) is 4.99 Å². The van der Waals surface area contributed by atoms with Crippen molar-refractivity contribution in [1.29, 1.82) is 0 Å². The van der Waals surface area contributed by atoms with Gasteiger partial charge in [-0.1, -0.05) is 35.4 Å². The zero-order chi connectivity index (χ0) is 17.7. The first kappa shape index (κ1) is 18.3. The minimum absolute atomic E-state index is 0.657. The summed E-state index contributed by atoms with van der Waals surface area (Å²) in [6.45, 7) is 10.1. The predicted molar refractivity (Wildman–Crippen MR) is 106 cm³/mol. The number of hydrogen-bond donors (Lipinski definition) is 1. The van der Waals surface area contributed by atoms with Crippen LogP contribution < -0.4 is 5.32 Å². The second-order valence-corrected chi connectivity index (χ2v) is 6.63. The van der Waals surface area contributed by atoms with Gasteiger partial charge in [0.05, 0.1) is 17.0 Å². The van der Waals surface area contributed by atoms with Gasteiger partial charge in [0.1, 0.15) is 0 Å². The van der Waals surface area contributed by atoms with Crippen molar-refractivity contribution >= 4 is 29.3 Å². The minimum atomic E-state index is 0.657. The van der Waals surface area contributed by atoms with Crippen molar-refractivity contribution in [2.24, 2.45) is 4.99 Å². The summed E-state index contributed by atoms with van der Waals surface area (Å²) in [5.74, 6) is 0. The van der Waals surface area contributed by atoms with Crippen molar-refractivity contribution in [3.05, 3.63) is 57.6 Å². The van der Waals surface area contributed by atoms with E-state index in [1.54, 1.807) is 0 Å². The SMILES string of the molecule is CCN(C)/C=N\c1cc(C)c(NCc2cc(C)ccc2C)cc1Cl. The molecule has 0 aliphatic rings. The predicted octanol–water partition coefficient (Wildman–Crippen LogP) is 5.49. The van der Waals surface area contributed by atoms with E-state index in [0.29, 0.717) is 5.02 Å². The minimum Gasteiger partial charge on any atom is -0.381 e. The van der Waals surface area contributed by atoms with Crippen molar-refractivity contribution in [3.8, 4) is 0 Å². The van der Waals surface area contributed by atoms with E-state index in [1.165, 1.54) is 16.7 Å². The number of halogens is 1. The van der Waals surface area contributed by atoms with Crippen LogP contribution in [0.2, 0.25) is 5.02 Å². The molecule has 0 spiro atoms. The van der Waals surface area contributed by atoms with E-state index in [4.69, 9.17) is 11.6 Å². The summed E-state index contributed by atoms with van der Waals surface area (Å²) >= 11 is 6.39. The summed E-state index contributed by atoms with van der Waals surface area (Å²) in [7, 11) is 1.99. The highest BCUT2D eigenvalue weighted by molar-refractivity contribution is 6.33. The van der Waals surface area contributed by atoms with Gasteiger partial charge in [0.25, 0.3) is 0 Å². The molecule has 0 saturated heterocycles. The average Bonchev–Trinajstić information content (AvgIpc) is 2.56. The molecule has 0 atom stereocenters. The molecule has 2 aromatic carbocycles. The smallest absolute Gasteiger partial charge is 0.0910 e. The molecule has 0 aliphatic heterocycles. The Kier molecular flexibility index (Phi) is 6.27. The zero-order valence-corrected chi connectivity index (χ0v) is 15.9. The summed E-state index contributed by atoms with van der Waals surface area (Å²) in [6.07, 6.45) is 1.81. The van der Waals surface area contributed by atoms with Gasteiger partial charge in [-0.3, -0.25) is 0 Å². The topological polar surface area (TPSA) is 27.6 Å². The van der Waals surface area contributed by atoms with E-state index in [1.807, 2.05) is 30.4 Å². The number of aliphatic imine (C=N–C) groups is 1. The summed E-state index contributed by atoms with van der Waals surface area (Å²) in [5, 5.41) is 4.15. The Morgan fingerprint density at radius 1 is 1.12 bits per heavy atom. The number of hydrogen-bond acceptors (Lipinski definition) is 2. The number of anilines is 1. The fourth-order valence-corrected chi connectivity index (χ4v) is 2.59. The van der Waals surface area contributed by atoms with Crippen molar-refractivity contribution in [2.75, 3.05) is 18.9 Å². The van der Waals surface area contributed by atoms with Gasteiger partial charge in [0.2, 0.25) is 0 Å². The highest BCUT2D eigenvalue weighted by Crippen LogP contribution is 2.31. The molecule has 4 heteroatoms. The first-order chi connectivity index (χ1) is 11.4. The highest BCUT2D eigenvalue weighted by atomic mass is 35.5. The molecule has 0 saturated carbocycles. The third kappa shape index (κ3) is 4.75. The first-order valence-corrected chi connectivity index (χ1v) is 8.63. The lowest BCUT2D eigenvalue weighted by molar-refractivity contribution is 0.552. The molecule has 2 rings (SSSR count). The molecule has 0 heterocycles. The third-order valence-electron chi connectivity index (χ3n) is 4.16. The second kappa shape index (κ2) is 8.20. The zero-order valence-electron chi connectivity index (χ0n) is 15.2. The maximum absolute atomic E-state index is 6.39. The van der Waals surface area contributed by atoms with Gasteiger partial charge in [0.15, 0.2) is 0 Å². The number of aryl methyl sites for hydroxylation is 3. The highest BCUT2D eigenvalue weighted by Gasteiger charge is 2.06. The van der Waals surface area contributed by atoms with Gasteiger partial charge in [0, 0.05) is 25.8 Å². The molecule has 3 nitrogen and oxygen atoms in total. The largest absolute Gasteiger partial charge is 0.381 e. The van der Waals surface area contributed by atoms with Crippen LogP contribution in [0.15, 0.2) is 35.3 Å². The third-order valence-corrected chi connectivity index (χ3v) is 4.46. The Morgan fingerprint density at radius 3 is 2.58 bits per heavy atom. The molecule has 0 unspecified atom stereocenters. The molecule has 0 radical (unpaired) electrons. The second-order valence-electron chi connectivity index (χ2n) is 6.22. The Morgan fingerprint density at radius 2 is 1.88 bits per heavy atom. The van der Waals surface area contributed by atoms with Gasteiger partial charge in [-0.2, -0.15) is 0 Å². The maximum atomic E-state index is 6.39. The van der Waals surface area contributed by atoms with E-state index in [-0.39, 0.29) is 0 Å². The van der Waals surface area contributed by atoms with Gasteiger partial charge < -0.3 is 10.2 Å². The molecular formula is C20H26ClN3. The van der Waals surface area contributed by atoms with Crippen LogP contribution in [-0.4, -0.2) is 24.8 Å².